The molecule has 0 aliphatic heterocycles. The minimum atomic E-state index is 0.895. The van der Waals surface area contributed by atoms with Gasteiger partial charge in [-0.3, -0.25) is 0 Å². The second kappa shape index (κ2) is 9.57. The molecule has 2 heteroatoms. The highest BCUT2D eigenvalue weighted by molar-refractivity contribution is 6.38. The summed E-state index contributed by atoms with van der Waals surface area (Å²) >= 11 is 0. The van der Waals surface area contributed by atoms with Gasteiger partial charge in [-0.05, 0) is 96.3 Å². The maximum atomic E-state index is 6.25. The van der Waals surface area contributed by atoms with Gasteiger partial charge in [0.05, 0.1) is 5.69 Å². The lowest BCUT2D eigenvalue weighted by molar-refractivity contribution is 0.669. The summed E-state index contributed by atoms with van der Waals surface area (Å²) in [6, 6.07) is 59.8. The van der Waals surface area contributed by atoms with Gasteiger partial charge in [-0.15, -0.1) is 0 Å². The number of anilines is 3. The molecule has 0 bridgehead atoms. The van der Waals surface area contributed by atoms with Crippen LogP contribution in [0.25, 0.3) is 86.6 Å². The second-order valence-corrected chi connectivity index (χ2v) is 12.9. The van der Waals surface area contributed by atoms with E-state index in [0.717, 1.165) is 39.0 Å². The van der Waals surface area contributed by atoms with E-state index in [1.54, 1.807) is 0 Å². The summed E-state index contributed by atoms with van der Waals surface area (Å²) in [5, 5.41) is 17.6. The average Bonchev–Trinajstić information content (AvgIpc) is 3.52. The van der Waals surface area contributed by atoms with Crippen LogP contribution < -0.4 is 4.90 Å². The number of furan rings is 1. The van der Waals surface area contributed by atoms with E-state index in [-0.39, 0.29) is 0 Å². The number of benzene rings is 9. The summed E-state index contributed by atoms with van der Waals surface area (Å²) in [6.07, 6.45) is 0. The number of rotatable bonds is 3. The maximum Gasteiger partial charge on any atom is 0.135 e. The first-order valence-corrected chi connectivity index (χ1v) is 16.5. The van der Waals surface area contributed by atoms with Crippen molar-refractivity contribution in [2.75, 3.05) is 4.90 Å². The van der Waals surface area contributed by atoms with Gasteiger partial charge in [-0.1, -0.05) is 121 Å². The van der Waals surface area contributed by atoms with Gasteiger partial charge in [0.1, 0.15) is 11.2 Å². The van der Waals surface area contributed by atoms with Crippen LogP contribution in [0.1, 0.15) is 0 Å². The number of hydrogen-bond acceptors (Lipinski definition) is 2. The van der Waals surface area contributed by atoms with Crippen molar-refractivity contribution >= 4 is 104 Å². The number of fused-ring (bicyclic) bond motifs is 5. The Morgan fingerprint density at radius 1 is 0.312 bits per heavy atom. The molecule has 0 aliphatic rings. The Hall–Kier alpha value is -6.38. The number of para-hydroxylation sites is 2. The van der Waals surface area contributed by atoms with Gasteiger partial charge in [0.15, 0.2) is 0 Å². The lowest BCUT2D eigenvalue weighted by Gasteiger charge is -2.28. The zero-order valence-corrected chi connectivity index (χ0v) is 25.9. The molecular weight excluding hydrogens is 583 g/mol. The molecule has 222 valence electrons. The highest BCUT2D eigenvalue weighted by Crippen LogP contribution is 2.48. The molecule has 11 aromatic rings. The SMILES string of the molecule is c1ccc(N(c2ccc3oc4ccccc4c3c2)c2cc3cccc4c5cccc6ccc7cccc(c8cccc2c8c34)c7c65)cc1. The lowest BCUT2D eigenvalue weighted by Crippen LogP contribution is -2.10. The normalized spacial score (nSPS) is 12.2. The van der Waals surface area contributed by atoms with Crippen molar-refractivity contribution in [3.05, 3.63) is 164 Å². The largest absolute Gasteiger partial charge is 0.456 e. The fourth-order valence-electron chi connectivity index (χ4n) is 8.33. The predicted molar refractivity (Wildman–Crippen MR) is 205 cm³/mol. The maximum absolute atomic E-state index is 6.25. The summed E-state index contributed by atoms with van der Waals surface area (Å²) in [5.74, 6) is 0. The fraction of sp³-hybridized carbons (Fsp3) is 0. The second-order valence-electron chi connectivity index (χ2n) is 12.9. The first-order chi connectivity index (χ1) is 23.8. The molecule has 0 N–H and O–H groups in total. The molecule has 48 heavy (non-hydrogen) atoms. The van der Waals surface area contributed by atoms with Crippen LogP contribution in [0.4, 0.5) is 17.1 Å². The summed E-state index contributed by atoms with van der Waals surface area (Å²) < 4.78 is 6.25. The molecule has 1 aromatic heterocycles. The van der Waals surface area contributed by atoms with Crippen molar-refractivity contribution in [3.63, 3.8) is 0 Å². The molecule has 0 spiro atoms. The van der Waals surface area contributed by atoms with Crippen LogP contribution >= 0.6 is 0 Å². The quantitative estimate of drug-likeness (QED) is 0.185. The number of hydrogen-bond donors (Lipinski definition) is 0. The molecule has 10 aromatic carbocycles. The van der Waals surface area contributed by atoms with E-state index >= 15 is 0 Å². The minimum absolute atomic E-state index is 0.895. The first-order valence-electron chi connectivity index (χ1n) is 16.5. The number of nitrogens with zero attached hydrogens (tertiary/aromatic N) is 1. The van der Waals surface area contributed by atoms with Crippen molar-refractivity contribution in [1.29, 1.82) is 0 Å². The smallest absolute Gasteiger partial charge is 0.135 e. The summed E-state index contributed by atoms with van der Waals surface area (Å²) in [7, 11) is 0. The Morgan fingerprint density at radius 2 is 0.854 bits per heavy atom. The summed E-state index contributed by atoms with van der Waals surface area (Å²) in [4.78, 5) is 2.42. The van der Waals surface area contributed by atoms with Gasteiger partial charge in [-0.25, -0.2) is 0 Å². The highest BCUT2D eigenvalue weighted by Gasteiger charge is 2.22. The van der Waals surface area contributed by atoms with Gasteiger partial charge >= 0.3 is 0 Å². The summed E-state index contributed by atoms with van der Waals surface area (Å²) in [6.45, 7) is 0. The fourth-order valence-corrected chi connectivity index (χ4v) is 8.33. The molecule has 0 aliphatic carbocycles. The molecule has 11 rings (SSSR count). The van der Waals surface area contributed by atoms with Gasteiger partial charge < -0.3 is 9.32 Å². The molecule has 0 unspecified atom stereocenters. The topological polar surface area (TPSA) is 16.4 Å². The van der Waals surface area contributed by atoms with Crippen LogP contribution in [0.3, 0.4) is 0 Å². The van der Waals surface area contributed by atoms with Gasteiger partial charge in [0, 0.05) is 32.9 Å². The van der Waals surface area contributed by atoms with E-state index in [2.05, 4.69) is 157 Å². The molecule has 0 saturated carbocycles. The van der Waals surface area contributed by atoms with Gasteiger partial charge in [0.25, 0.3) is 0 Å². The molecule has 2 nitrogen and oxygen atoms in total. The third-order valence-corrected chi connectivity index (χ3v) is 10.3. The standard InChI is InChI=1S/C46H27NO/c1-2-13-31(14-3-1)47(32-24-25-42-39(27-32)33-15-4-5-21-41(33)48-42)40-26-30-12-8-18-35-34-16-6-10-28-22-23-29-11-7-17-36(44(29)43(28)34)37-19-9-20-38(40)46(37)45(30)35/h1-27H. The van der Waals surface area contributed by atoms with E-state index < -0.39 is 0 Å². The third kappa shape index (κ3) is 3.46. The van der Waals surface area contributed by atoms with Gasteiger partial charge in [-0.2, -0.15) is 0 Å². The first kappa shape index (κ1) is 25.8. The van der Waals surface area contributed by atoms with Crippen molar-refractivity contribution in [1.82, 2.24) is 0 Å². The zero-order chi connectivity index (χ0) is 31.3. The van der Waals surface area contributed by atoms with E-state index in [1.165, 1.54) is 64.6 Å². The third-order valence-electron chi connectivity index (χ3n) is 10.3. The van der Waals surface area contributed by atoms with E-state index in [9.17, 15) is 0 Å². The lowest BCUT2D eigenvalue weighted by atomic mass is 9.87. The van der Waals surface area contributed by atoms with E-state index in [1.807, 2.05) is 12.1 Å². The minimum Gasteiger partial charge on any atom is -0.456 e. The molecular formula is C46H27NO. The van der Waals surface area contributed by atoms with Crippen LogP contribution in [-0.2, 0) is 0 Å². The van der Waals surface area contributed by atoms with Crippen molar-refractivity contribution < 1.29 is 4.42 Å². The molecule has 1 heterocycles. The molecule has 0 amide bonds. The van der Waals surface area contributed by atoms with Crippen LogP contribution in [0, 0.1) is 0 Å². The zero-order valence-electron chi connectivity index (χ0n) is 25.9. The average molecular weight is 610 g/mol. The molecule has 0 saturated heterocycles. The Balaban J connectivity index is 1.34. The molecule has 0 atom stereocenters. The Kier molecular flexibility index (Phi) is 5.14. The van der Waals surface area contributed by atoms with Crippen LogP contribution in [0.5, 0.6) is 0 Å². The monoisotopic (exact) mass is 609 g/mol. The van der Waals surface area contributed by atoms with Crippen LogP contribution in [0.2, 0.25) is 0 Å². The Morgan fingerprint density at radius 3 is 1.58 bits per heavy atom. The Bertz CT molecular complexity index is 3060. The van der Waals surface area contributed by atoms with Crippen molar-refractivity contribution in [2.45, 2.75) is 0 Å². The molecule has 0 fully saturated rings. The van der Waals surface area contributed by atoms with E-state index in [0.29, 0.717) is 0 Å². The predicted octanol–water partition coefficient (Wildman–Crippen LogP) is 13.4. The van der Waals surface area contributed by atoms with Crippen LogP contribution in [0.15, 0.2) is 168 Å². The molecule has 0 radical (unpaired) electrons. The summed E-state index contributed by atoms with van der Waals surface area (Å²) in [5.41, 5.74) is 5.14. The van der Waals surface area contributed by atoms with Crippen LogP contribution in [-0.4, -0.2) is 0 Å². The van der Waals surface area contributed by atoms with Crippen molar-refractivity contribution in [2.24, 2.45) is 0 Å². The van der Waals surface area contributed by atoms with Crippen molar-refractivity contribution in [3.8, 4) is 0 Å². The van der Waals surface area contributed by atoms with Gasteiger partial charge in [0.2, 0.25) is 0 Å². The Labute approximate surface area is 276 Å². The van der Waals surface area contributed by atoms with E-state index in [4.69, 9.17) is 4.42 Å². The highest BCUT2D eigenvalue weighted by atomic mass is 16.3.